The second-order valence-corrected chi connectivity index (χ2v) is 5.30. The van der Waals surface area contributed by atoms with Crippen LogP contribution < -0.4 is 4.90 Å². The Morgan fingerprint density at radius 1 is 1.00 bits per heavy atom. The van der Waals surface area contributed by atoms with Gasteiger partial charge >= 0.3 is 0 Å². The zero-order chi connectivity index (χ0) is 13.8. The molecule has 1 fully saturated rings. The molecule has 0 saturated carbocycles. The molecule has 0 N–H and O–H groups in total. The summed E-state index contributed by atoms with van der Waals surface area (Å²) in [5.74, 6) is 0.850. The Bertz CT molecular complexity index is 547. The average molecular weight is 268 g/mol. The van der Waals surface area contributed by atoms with Crippen LogP contribution in [0.2, 0.25) is 0 Å². The van der Waals surface area contributed by atoms with E-state index in [1.54, 1.807) is 12.4 Å². The number of rotatable bonds is 3. The number of hydrogen-bond acceptors (Lipinski definition) is 4. The molecule has 2 heterocycles. The Hall–Kier alpha value is -1.94. The molecule has 4 heteroatoms. The first-order chi connectivity index (χ1) is 9.81. The zero-order valence-corrected chi connectivity index (χ0v) is 11.9. The van der Waals surface area contributed by atoms with Gasteiger partial charge in [-0.1, -0.05) is 29.8 Å². The molecule has 1 aliphatic heterocycles. The molecule has 1 aromatic heterocycles. The van der Waals surface area contributed by atoms with Crippen LogP contribution in [0.4, 0.5) is 5.95 Å². The fourth-order valence-corrected chi connectivity index (χ4v) is 2.63. The van der Waals surface area contributed by atoms with E-state index < -0.39 is 0 Å². The number of nitrogens with zero attached hydrogens (tertiary/aromatic N) is 4. The van der Waals surface area contributed by atoms with Gasteiger partial charge in [0.15, 0.2) is 0 Å². The molecular formula is C16H20N4. The zero-order valence-electron chi connectivity index (χ0n) is 11.9. The van der Waals surface area contributed by atoms with E-state index in [0.29, 0.717) is 0 Å². The Morgan fingerprint density at radius 2 is 1.75 bits per heavy atom. The van der Waals surface area contributed by atoms with Crippen LogP contribution in [0.5, 0.6) is 0 Å². The smallest absolute Gasteiger partial charge is 0.225 e. The average Bonchev–Trinajstić information content (AvgIpc) is 2.49. The van der Waals surface area contributed by atoms with Gasteiger partial charge in [-0.2, -0.15) is 0 Å². The largest absolute Gasteiger partial charge is 0.338 e. The van der Waals surface area contributed by atoms with Gasteiger partial charge in [-0.15, -0.1) is 0 Å². The van der Waals surface area contributed by atoms with E-state index in [9.17, 15) is 0 Å². The first-order valence-electron chi connectivity index (χ1n) is 7.11. The normalized spacial score (nSPS) is 16.4. The van der Waals surface area contributed by atoms with Gasteiger partial charge in [0.1, 0.15) is 0 Å². The second-order valence-electron chi connectivity index (χ2n) is 5.30. The summed E-state index contributed by atoms with van der Waals surface area (Å²) in [5, 5.41) is 0. The number of benzene rings is 1. The van der Waals surface area contributed by atoms with Crippen molar-refractivity contribution in [1.82, 2.24) is 14.9 Å². The van der Waals surface area contributed by atoms with E-state index in [1.165, 1.54) is 11.1 Å². The summed E-state index contributed by atoms with van der Waals surface area (Å²) in [7, 11) is 0. The van der Waals surface area contributed by atoms with Gasteiger partial charge in [0.05, 0.1) is 0 Å². The van der Waals surface area contributed by atoms with E-state index >= 15 is 0 Å². The minimum atomic E-state index is 0.850. The molecule has 0 unspecified atom stereocenters. The van der Waals surface area contributed by atoms with Crippen molar-refractivity contribution in [3.8, 4) is 0 Å². The highest BCUT2D eigenvalue weighted by atomic mass is 15.3. The maximum absolute atomic E-state index is 4.32. The molecular weight excluding hydrogens is 248 g/mol. The fraction of sp³-hybridized carbons (Fsp3) is 0.375. The highest BCUT2D eigenvalue weighted by Gasteiger charge is 2.18. The molecule has 3 rings (SSSR count). The van der Waals surface area contributed by atoms with E-state index in [1.807, 2.05) is 6.07 Å². The summed E-state index contributed by atoms with van der Waals surface area (Å²) in [6, 6.07) is 10.6. The lowest BCUT2D eigenvalue weighted by molar-refractivity contribution is 0.248. The van der Waals surface area contributed by atoms with Crippen LogP contribution in [-0.2, 0) is 6.54 Å². The van der Waals surface area contributed by atoms with E-state index in [-0.39, 0.29) is 0 Å². The van der Waals surface area contributed by atoms with Gasteiger partial charge in [-0.05, 0) is 18.6 Å². The maximum atomic E-state index is 4.32. The van der Waals surface area contributed by atoms with Crippen LogP contribution in [0.25, 0.3) is 0 Å². The Labute approximate surface area is 120 Å². The summed E-state index contributed by atoms with van der Waals surface area (Å²) in [4.78, 5) is 13.4. The van der Waals surface area contributed by atoms with Crippen LogP contribution in [0.3, 0.4) is 0 Å². The van der Waals surface area contributed by atoms with Gasteiger partial charge in [0.25, 0.3) is 0 Å². The monoisotopic (exact) mass is 268 g/mol. The van der Waals surface area contributed by atoms with E-state index in [0.717, 1.165) is 38.7 Å². The van der Waals surface area contributed by atoms with E-state index in [2.05, 4.69) is 51.0 Å². The van der Waals surface area contributed by atoms with Crippen molar-refractivity contribution >= 4 is 5.95 Å². The maximum Gasteiger partial charge on any atom is 0.225 e. The quantitative estimate of drug-likeness (QED) is 0.853. The van der Waals surface area contributed by atoms with Gasteiger partial charge < -0.3 is 4.90 Å². The van der Waals surface area contributed by atoms with Gasteiger partial charge in [-0.3, -0.25) is 4.90 Å². The number of piperazine rings is 1. The van der Waals surface area contributed by atoms with Crippen molar-refractivity contribution in [2.75, 3.05) is 31.1 Å². The predicted molar refractivity (Wildman–Crippen MR) is 80.7 cm³/mol. The minimum Gasteiger partial charge on any atom is -0.338 e. The molecule has 0 radical (unpaired) electrons. The van der Waals surface area contributed by atoms with Crippen molar-refractivity contribution in [2.24, 2.45) is 0 Å². The topological polar surface area (TPSA) is 32.3 Å². The van der Waals surface area contributed by atoms with Crippen LogP contribution in [0.15, 0.2) is 42.7 Å². The lowest BCUT2D eigenvalue weighted by atomic mass is 10.1. The van der Waals surface area contributed by atoms with Gasteiger partial charge in [-0.25, -0.2) is 9.97 Å². The van der Waals surface area contributed by atoms with Crippen LogP contribution in [0, 0.1) is 6.92 Å². The minimum absolute atomic E-state index is 0.850. The molecule has 1 aromatic carbocycles. The Kier molecular flexibility index (Phi) is 3.92. The first kappa shape index (κ1) is 13.1. The molecule has 1 aliphatic rings. The molecule has 4 nitrogen and oxygen atoms in total. The SMILES string of the molecule is Cc1cccc(CN2CCN(c3ncccn3)CC2)c1. The third-order valence-corrected chi connectivity index (χ3v) is 3.70. The molecule has 104 valence electrons. The molecule has 1 saturated heterocycles. The summed E-state index contributed by atoms with van der Waals surface area (Å²) in [6.45, 7) is 7.30. The molecule has 0 bridgehead atoms. The molecule has 0 aliphatic carbocycles. The number of aryl methyl sites for hydroxylation is 1. The number of anilines is 1. The summed E-state index contributed by atoms with van der Waals surface area (Å²) in [6.07, 6.45) is 3.61. The second kappa shape index (κ2) is 6.01. The van der Waals surface area contributed by atoms with E-state index in [4.69, 9.17) is 0 Å². The number of aromatic nitrogens is 2. The molecule has 0 atom stereocenters. The summed E-state index contributed by atoms with van der Waals surface area (Å²) < 4.78 is 0. The van der Waals surface area contributed by atoms with Crippen molar-refractivity contribution in [3.63, 3.8) is 0 Å². The van der Waals surface area contributed by atoms with Gasteiger partial charge in [0.2, 0.25) is 5.95 Å². The van der Waals surface area contributed by atoms with Crippen LogP contribution >= 0.6 is 0 Å². The third kappa shape index (κ3) is 3.14. The highest BCUT2D eigenvalue weighted by Crippen LogP contribution is 2.13. The van der Waals surface area contributed by atoms with Crippen LogP contribution in [-0.4, -0.2) is 41.0 Å². The van der Waals surface area contributed by atoms with Crippen molar-refractivity contribution in [2.45, 2.75) is 13.5 Å². The van der Waals surface area contributed by atoms with Crippen molar-refractivity contribution in [3.05, 3.63) is 53.9 Å². The van der Waals surface area contributed by atoms with Gasteiger partial charge in [0, 0.05) is 45.1 Å². The van der Waals surface area contributed by atoms with Crippen molar-refractivity contribution in [1.29, 1.82) is 0 Å². The predicted octanol–water partition coefficient (Wildman–Crippen LogP) is 2.11. The molecule has 0 spiro atoms. The summed E-state index contributed by atoms with van der Waals surface area (Å²) in [5.41, 5.74) is 2.73. The highest BCUT2D eigenvalue weighted by molar-refractivity contribution is 5.29. The Morgan fingerprint density at radius 3 is 2.45 bits per heavy atom. The number of hydrogen-bond donors (Lipinski definition) is 0. The molecule has 20 heavy (non-hydrogen) atoms. The molecule has 0 amide bonds. The lowest BCUT2D eigenvalue weighted by Gasteiger charge is -2.34. The standard InChI is InChI=1S/C16H20N4/c1-14-4-2-5-15(12-14)13-19-8-10-20(11-9-19)16-17-6-3-7-18-16/h2-7,12H,8-11,13H2,1H3. The van der Waals surface area contributed by atoms with Crippen molar-refractivity contribution < 1.29 is 0 Å². The third-order valence-electron chi connectivity index (χ3n) is 3.70. The summed E-state index contributed by atoms with van der Waals surface area (Å²) >= 11 is 0. The first-order valence-corrected chi connectivity index (χ1v) is 7.11. The fourth-order valence-electron chi connectivity index (χ4n) is 2.63. The lowest BCUT2D eigenvalue weighted by Crippen LogP contribution is -2.46. The van der Waals surface area contributed by atoms with Crippen LogP contribution in [0.1, 0.15) is 11.1 Å². The molecule has 2 aromatic rings. The Balaban J connectivity index is 1.56.